The van der Waals surface area contributed by atoms with Gasteiger partial charge in [0, 0.05) is 12.1 Å². The van der Waals surface area contributed by atoms with E-state index in [1.807, 2.05) is 45.0 Å². The highest BCUT2D eigenvalue weighted by molar-refractivity contribution is 5.94. The van der Waals surface area contributed by atoms with Crippen LogP contribution in [0.5, 0.6) is 0 Å². The van der Waals surface area contributed by atoms with E-state index in [-0.39, 0.29) is 5.91 Å². The predicted octanol–water partition coefficient (Wildman–Crippen LogP) is 4.44. The highest BCUT2D eigenvalue weighted by Crippen LogP contribution is 2.20. The Kier molecular flexibility index (Phi) is 6.51. The van der Waals surface area contributed by atoms with Gasteiger partial charge in [0.1, 0.15) is 0 Å². The summed E-state index contributed by atoms with van der Waals surface area (Å²) in [4.78, 5) is 11.6. The van der Waals surface area contributed by atoms with Crippen molar-refractivity contribution < 1.29 is 4.79 Å². The summed E-state index contributed by atoms with van der Waals surface area (Å²) in [5, 5.41) is 2.79. The van der Waals surface area contributed by atoms with E-state index in [1.54, 1.807) is 0 Å². The topological polar surface area (TPSA) is 29.1 Å². The van der Waals surface area contributed by atoms with Crippen LogP contribution < -0.4 is 5.32 Å². The second-order valence-electron chi connectivity index (χ2n) is 4.30. The first-order valence-electron chi connectivity index (χ1n) is 7.16. The maximum atomic E-state index is 11.6. The molecule has 0 heterocycles. The third kappa shape index (κ3) is 4.23. The molecule has 0 aliphatic rings. The van der Waals surface area contributed by atoms with Crippen molar-refractivity contribution in [3.05, 3.63) is 59.7 Å². The molecule has 0 atom stereocenters. The number of rotatable bonds is 3. The van der Waals surface area contributed by atoms with Crippen molar-refractivity contribution in [2.24, 2.45) is 0 Å². The van der Waals surface area contributed by atoms with E-state index in [0.29, 0.717) is 12.1 Å². The maximum absolute atomic E-state index is 11.6. The fraction of sp³-hybridized carbons (Fsp3) is 0.278. The summed E-state index contributed by atoms with van der Waals surface area (Å²) < 4.78 is 0. The van der Waals surface area contributed by atoms with E-state index in [9.17, 15) is 4.79 Å². The van der Waals surface area contributed by atoms with E-state index in [1.165, 1.54) is 11.1 Å². The Hall–Kier alpha value is -2.09. The van der Waals surface area contributed by atoms with Crippen molar-refractivity contribution in [2.45, 2.75) is 27.7 Å². The van der Waals surface area contributed by atoms with Crippen LogP contribution in [0, 0.1) is 6.92 Å². The number of hydrogen-bond acceptors (Lipinski definition) is 1. The molecule has 106 valence electrons. The van der Waals surface area contributed by atoms with Crippen LogP contribution in [0.4, 0.5) is 0 Å². The molecule has 2 aromatic rings. The summed E-state index contributed by atoms with van der Waals surface area (Å²) in [5.74, 6) is -0.0204. The molecule has 0 aliphatic heterocycles. The predicted molar refractivity (Wildman–Crippen MR) is 86.0 cm³/mol. The molecule has 2 heteroatoms. The van der Waals surface area contributed by atoms with Crippen molar-refractivity contribution in [3.63, 3.8) is 0 Å². The smallest absolute Gasteiger partial charge is 0.251 e. The molecule has 0 bridgehead atoms. The van der Waals surface area contributed by atoms with Gasteiger partial charge in [-0.15, -0.1) is 0 Å². The number of carbonyl (C=O) groups excluding carboxylic acids is 1. The molecule has 2 nitrogen and oxygen atoms in total. The molecule has 2 rings (SSSR count). The summed E-state index contributed by atoms with van der Waals surface area (Å²) in [6.45, 7) is 8.64. The first kappa shape index (κ1) is 16.0. The van der Waals surface area contributed by atoms with Crippen LogP contribution in [0.3, 0.4) is 0 Å². The lowest BCUT2D eigenvalue weighted by Gasteiger charge is -2.05. The van der Waals surface area contributed by atoms with Gasteiger partial charge < -0.3 is 5.32 Å². The molecule has 1 N–H and O–H groups in total. The van der Waals surface area contributed by atoms with E-state index in [0.717, 1.165) is 5.56 Å². The van der Waals surface area contributed by atoms with Gasteiger partial charge in [-0.2, -0.15) is 0 Å². The molecule has 2 aromatic carbocycles. The molecule has 20 heavy (non-hydrogen) atoms. The average molecular weight is 269 g/mol. The Bertz CT molecular complexity index is 526. The minimum atomic E-state index is -0.0204. The number of benzene rings is 2. The molecule has 0 radical (unpaired) electrons. The molecule has 0 saturated carbocycles. The van der Waals surface area contributed by atoms with Gasteiger partial charge in [0.05, 0.1) is 0 Å². The van der Waals surface area contributed by atoms with Gasteiger partial charge in [0.25, 0.3) is 5.91 Å². The quantitative estimate of drug-likeness (QED) is 0.877. The lowest BCUT2D eigenvalue weighted by atomic mass is 10.0. The SMILES string of the molecule is CC.CCNC(=O)c1ccc(-c2ccc(C)cc2)cc1. The Morgan fingerprint density at radius 2 is 1.35 bits per heavy atom. The van der Waals surface area contributed by atoms with Gasteiger partial charge in [0.2, 0.25) is 0 Å². The van der Waals surface area contributed by atoms with E-state index >= 15 is 0 Å². The Balaban J connectivity index is 0.000000956. The molecular weight excluding hydrogens is 246 g/mol. The average Bonchev–Trinajstić information content (AvgIpc) is 2.50. The van der Waals surface area contributed by atoms with Crippen molar-refractivity contribution >= 4 is 5.91 Å². The van der Waals surface area contributed by atoms with Crippen molar-refractivity contribution in [3.8, 4) is 11.1 Å². The fourth-order valence-electron chi connectivity index (χ4n) is 1.82. The first-order valence-corrected chi connectivity index (χ1v) is 7.16. The molecule has 0 saturated heterocycles. The second kappa shape index (κ2) is 8.16. The van der Waals surface area contributed by atoms with Crippen LogP contribution in [0.15, 0.2) is 48.5 Å². The number of hydrogen-bond donors (Lipinski definition) is 1. The molecule has 1 amide bonds. The van der Waals surface area contributed by atoms with Crippen LogP contribution in [0.25, 0.3) is 11.1 Å². The largest absolute Gasteiger partial charge is 0.352 e. The minimum absolute atomic E-state index is 0.0204. The van der Waals surface area contributed by atoms with Crippen LogP contribution >= 0.6 is 0 Å². The zero-order valence-corrected chi connectivity index (χ0v) is 12.7. The second-order valence-corrected chi connectivity index (χ2v) is 4.30. The monoisotopic (exact) mass is 269 g/mol. The Morgan fingerprint density at radius 3 is 1.80 bits per heavy atom. The molecular formula is C18H23NO. The Morgan fingerprint density at radius 1 is 0.900 bits per heavy atom. The van der Waals surface area contributed by atoms with Gasteiger partial charge >= 0.3 is 0 Å². The minimum Gasteiger partial charge on any atom is -0.352 e. The van der Waals surface area contributed by atoms with Crippen LogP contribution in [0.2, 0.25) is 0 Å². The molecule has 0 aliphatic carbocycles. The summed E-state index contributed by atoms with van der Waals surface area (Å²) in [7, 11) is 0. The highest BCUT2D eigenvalue weighted by atomic mass is 16.1. The van der Waals surface area contributed by atoms with Crippen LogP contribution in [0.1, 0.15) is 36.7 Å². The molecule has 0 spiro atoms. The van der Waals surface area contributed by atoms with Gasteiger partial charge in [-0.1, -0.05) is 55.8 Å². The third-order valence-electron chi connectivity index (χ3n) is 2.87. The van der Waals surface area contributed by atoms with Crippen LogP contribution in [-0.2, 0) is 0 Å². The third-order valence-corrected chi connectivity index (χ3v) is 2.87. The summed E-state index contributed by atoms with van der Waals surface area (Å²) in [6.07, 6.45) is 0. The lowest BCUT2D eigenvalue weighted by Crippen LogP contribution is -2.22. The zero-order valence-electron chi connectivity index (χ0n) is 12.7. The normalized spacial score (nSPS) is 9.40. The Labute approximate surface area is 121 Å². The highest BCUT2D eigenvalue weighted by Gasteiger charge is 2.04. The standard InChI is InChI=1S/C16H17NO.C2H6/c1-3-17-16(18)15-10-8-14(9-11-15)13-6-4-12(2)5-7-13;1-2/h4-11H,3H2,1-2H3,(H,17,18);1-2H3. The molecule has 0 fully saturated rings. The fourth-order valence-corrected chi connectivity index (χ4v) is 1.82. The van der Waals surface area contributed by atoms with Crippen molar-refractivity contribution in [1.82, 2.24) is 5.32 Å². The van der Waals surface area contributed by atoms with Gasteiger partial charge in [0.15, 0.2) is 0 Å². The van der Waals surface area contributed by atoms with E-state index in [4.69, 9.17) is 0 Å². The number of aryl methyl sites for hydroxylation is 1. The van der Waals surface area contributed by atoms with Gasteiger partial charge in [-0.3, -0.25) is 4.79 Å². The molecule has 0 aromatic heterocycles. The van der Waals surface area contributed by atoms with E-state index < -0.39 is 0 Å². The number of nitrogens with one attached hydrogen (secondary N) is 1. The van der Waals surface area contributed by atoms with Crippen molar-refractivity contribution in [2.75, 3.05) is 6.54 Å². The van der Waals surface area contributed by atoms with Crippen LogP contribution in [-0.4, -0.2) is 12.5 Å². The summed E-state index contributed by atoms with van der Waals surface area (Å²) in [5.41, 5.74) is 4.25. The van der Waals surface area contributed by atoms with Gasteiger partial charge in [-0.25, -0.2) is 0 Å². The number of carbonyl (C=O) groups is 1. The summed E-state index contributed by atoms with van der Waals surface area (Å²) in [6, 6.07) is 16.1. The van der Waals surface area contributed by atoms with Gasteiger partial charge in [-0.05, 0) is 37.1 Å². The van der Waals surface area contributed by atoms with E-state index in [2.05, 4.69) is 36.5 Å². The zero-order chi connectivity index (χ0) is 15.0. The number of amides is 1. The first-order chi connectivity index (χ1) is 9.70. The van der Waals surface area contributed by atoms with Crippen molar-refractivity contribution in [1.29, 1.82) is 0 Å². The lowest BCUT2D eigenvalue weighted by molar-refractivity contribution is 0.0956. The molecule has 0 unspecified atom stereocenters. The summed E-state index contributed by atoms with van der Waals surface area (Å²) >= 11 is 0. The maximum Gasteiger partial charge on any atom is 0.251 e.